The van der Waals surface area contributed by atoms with E-state index in [0.29, 0.717) is 6.42 Å². The van der Waals surface area contributed by atoms with E-state index in [4.69, 9.17) is 4.74 Å². The number of aromatic amines is 1. The number of H-pyrrole nitrogens is 1. The minimum atomic E-state index is -1.29. The van der Waals surface area contributed by atoms with Crippen LogP contribution in [0, 0.1) is 0 Å². The lowest BCUT2D eigenvalue weighted by Gasteiger charge is -2.18. The second kappa shape index (κ2) is 7.19. The van der Waals surface area contributed by atoms with Gasteiger partial charge in [-0.05, 0) is 25.9 Å². The van der Waals surface area contributed by atoms with Gasteiger partial charge in [0.15, 0.2) is 0 Å². The first-order chi connectivity index (χ1) is 11.1. The van der Waals surface area contributed by atoms with Crippen LogP contribution in [-0.4, -0.2) is 63.9 Å². The van der Waals surface area contributed by atoms with E-state index in [0.717, 1.165) is 10.7 Å². The van der Waals surface area contributed by atoms with Crippen LogP contribution in [0.25, 0.3) is 0 Å². The van der Waals surface area contributed by atoms with Crippen LogP contribution in [0.1, 0.15) is 12.6 Å². The Kier molecular flexibility index (Phi) is 5.65. The minimum absolute atomic E-state index is 0.199. The first kappa shape index (κ1) is 18.9. The summed E-state index contributed by atoms with van der Waals surface area (Å²) in [5, 5.41) is 20.5. The van der Waals surface area contributed by atoms with Gasteiger partial charge in [0.25, 0.3) is 0 Å². The van der Waals surface area contributed by atoms with Crippen LogP contribution >= 0.6 is 6.89 Å². The predicted molar refractivity (Wildman–Crippen MR) is 93.0 cm³/mol. The van der Waals surface area contributed by atoms with Crippen molar-refractivity contribution >= 4 is 13.2 Å². The van der Waals surface area contributed by atoms with E-state index in [1.165, 1.54) is 17.0 Å². The summed E-state index contributed by atoms with van der Waals surface area (Å²) in [6.45, 7) is 6.61. The van der Waals surface area contributed by atoms with Gasteiger partial charge in [0.2, 0.25) is 12.6 Å². The van der Waals surface area contributed by atoms with Crippen LogP contribution < -0.4 is 15.9 Å². The Hall–Kier alpha value is -1.47. The molecule has 0 amide bonds. The number of aliphatic hydroxyl groups is 2. The van der Waals surface area contributed by atoms with E-state index in [1.807, 2.05) is 0 Å². The van der Waals surface area contributed by atoms with Crippen molar-refractivity contribution in [3.63, 3.8) is 0 Å². The lowest BCUT2D eigenvalue weighted by atomic mass is 10.1. The van der Waals surface area contributed by atoms with Crippen LogP contribution in [-0.2, 0) is 11.3 Å². The first-order valence-corrected chi connectivity index (χ1v) is 10.7. The third kappa shape index (κ3) is 4.13. The fourth-order valence-electron chi connectivity index (χ4n) is 2.61. The van der Waals surface area contributed by atoms with E-state index in [-0.39, 0.29) is 6.54 Å². The largest absolute Gasteiger partial charge is 0.448 e. The van der Waals surface area contributed by atoms with Gasteiger partial charge in [0, 0.05) is 0 Å². The number of allylic oxidation sites excluding steroid dienone is 1. The monoisotopic (exact) mass is 358 g/mol. The van der Waals surface area contributed by atoms with Gasteiger partial charge in [-0.3, -0.25) is 0 Å². The summed E-state index contributed by atoms with van der Waals surface area (Å²) < 4.78 is 8.03. The van der Waals surface area contributed by atoms with Gasteiger partial charge in [-0.1, -0.05) is 12.7 Å². The van der Waals surface area contributed by atoms with Crippen LogP contribution in [0.15, 0.2) is 28.6 Å². The first-order valence-electron chi connectivity index (χ1n) is 7.69. The summed E-state index contributed by atoms with van der Waals surface area (Å²) in [6, 6.07) is 0. The molecular weight excluding hydrogens is 333 g/mol. The summed E-state index contributed by atoms with van der Waals surface area (Å²) in [4.78, 5) is 25.9. The molecule has 0 saturated carbocycles. The smallest absolute Gasteiger partial charge is 0.387 e. The summed E-state index contributed by atoms with van der Waals surface area (Å²) in [5.41, 5.74) is -1.29. The van der Waals surface area contributed by atoms with Crippen molar-refractivity contribution in [2.24, 2.45) is 0 Å². The third-order valence-electron chi connectivity index (χ3n) is 3.93. The molecule has 0 bridgehead atoms. The zero-order valence-corrected chi connectivity index (χ0v) is 14.9. The standard InChI is InChI=1S/C15H24N3O5P/c1-5-7-17-9-18(15(22)16-14(17)21)13-12(20)11(19)10(23-13)6-8-24(2,3)4/h5,9-13,19-20H,1-2,6-8H2,3-4H3/p+1/t10-,11-,12-,13-/m1/s1. The lowest BCUT2D eigenvalue weighted by molar-refractivity contribution is -0.709. The van der Waals surface area contributed by atoms with Crippen molar-refractivity contribution in [3.8, 4) is 0 Å². The van der Waals surface area contributed by atoms with Crippen molar-refractivity contribution in [2.75, 3.05) is 19.5 Å². The molecule has 4 atom stereocenters. The molecule has 9 heteroatoms. The third-order valence-corrected chi connectivity index (χ3v) is 5.40. The molecule has 0 spiro atoms. The number of aromatic nitrogens is 3. The minimum Gasteiger partial charge on any atom is -0.387 e. The molecule has 134 valence electrons. The zero-order chi connectivity index (χ0) is 18.1. The number of aliphatic hydroxyl groups excluding tert-OH is 2. The van der Waals surface area contributed by atoms with Crippen molar-refractivity contribution in [1.82, 2.24) is 9.55 Å². The second-order valence-electron chi connectivity index (χ2n) is 6.69. The van der Waals surface area contributed by atoms with Gasteiger partial charge in [-0.25, -0.2) is 9.59 Å². The topological polar surface area (TPSA) is 108 Å². The van der Waals surface area contributed by atoms with Crippen LogP contribution in [0.4, 0.5) is 0 Å². The number of ether oxygens (including phenoxy) is 1. The highest BCUT2D eigenvalue weighted by Gasteiger charge is 2.46. The number of hydrogen-bond acceptors (Lipinski definition) is 5. The Morgan fingerprint density at radius 3 is 2.67 bits per heavy atom. The van der Waals surface area contributed by atoms with Gasteiger partial charge in [0.1, 0.15) is 12.2 Å². The quantitative estimate of drug-likeness (QED) is 0.334. The van der Waals surface area contributed by atoms with Crippen LogP contribution in [0.2, 0.25) is 0 Å². The molecule has 0 unspecified atom stereocenters. The molecule has 3 N–H and O–H groups in total. The molecule has 1 aromatic rings. The molecule has 1 aliphatic rings. The van der Waals surface area contributed by atoms with Crippen molar-refractivity contribution in [2.45, 2.75) is 37.5 Å². The molecule has 0 aliphatic carbocycles. The SMILES string of the molecule is C=CC[n+]1cn([C@@H]2O[C@H](CCP(=C)(C)C)[C@@H](O)[C@H]2O)c(=O)[nH]c1=O. The van der Waals surface area contributed by atoms with E-state index < -0.39 is 42.8 Å². The highest BCUT2D eigenvalue weighted by molar-refractivity contribution is 7.72. The van der Waals surface area contributed by atoms with Gasteiger partial charge in [-0.2, -0.15) is 14.1 Å². The maximum absolute atomic E-state index is 12.1. The maximum atomic E-state index is 12.1. The summed E-state index contributed by atoms with van der Waals surface area (Å²) in [6.07, 6.45) is 4.22. The van der Waals surface area contributed by atoms with E-state index in [1.54, 1.807) is 0 Å². The van der Waals surface area contributed by atoms with Crippen LogP contribution in [0.5, 0.6) is 0 Å². The number of hydrogen-bond donors (Lipinski definition) is 3. The van der Waals surface area contributed by atoms with Gasteiger partial charge >= 0.3 is 11.4 Å². The Labute approximate surface area is 140 Å². The fraction of sp³-hybridized carbons (Fsp3) is 0.600. The Bertz CT molecular complexity index is 765. The van der Waals surface area contributed by atoms with Gasteiger partial charge in [-0.15, -0.1) is 13.2 Å². The number of rotatable bonds is 6. The Morgan fingerprint density at radius 1 is 1.42 bits per heavy atom. The molecule has 0 aromatic carbocycles. The van der Waals surface area contributed by atoms with Crippen LogP contribution in [0.3, 0.4) is 0 Å². The number of nitrogens with zero attached hydrogens (tertiary/aromatic N) is 2. The number of nitrogens with one attached hydrogen (secondary N) is 1. The van der Waals surface area contributed by atoms with E-state index in [2.05, 4.69) is 31.2 Å². The molecule has 1 aromatic heterocycles. The fourth-order valence-corrected chi connectivity index (χ4v) is 3.56. The van der Waals surface area contributed by atoms with Crippen molar-refractivity contribution < 1.29 is 19.5 Å². The summed E-state index contributed by atoms with van der Waals surface area (Å²) in [5.74, 6) is 0. The average molecular weight is 358 g/mol. The molecule has 0 radical (unpaired) electrons. The van der Waals surface area contributed by atoms with E-state index >= 15 is 0 Å². The summed E-state index contributed by atoms with van der Waals surface area (Å²) >= 11 is 0. The lowest BCUT2D eigenvalue weighted by Crippen LogP contribution is -2.57. The molecule has 1 saturated heterocycles. The average Bonchev–Trinajstić information content (AvgIpc) is 2.75. The highest BCUT2D eigenvalue weighted by Crippen LogP contribution is 2.39. The molecule has 2 rings (SSSR count). The Balaban J connectivity index is 2.28. The van der Waals surface area contributed by atoms with Crippen molar-refractivity contribution in [3.05, 3.63) is 40.0 Å². The maximum Gasteiger partial charge on any atom is 0.448 e. The molecule has 24 heavy (non-hydrogen) atoms. The molecule has 2 heterocycles. The zero-order valence-electron chi connectivity index (χ0n) is 14.0. The van der Waals surface area contributed by atoms with Gasteiger partial charge in [0.05, 0.1) is 12.6 Å². The van der Waals surface area contributed by atoms with E-state index in [9.17, 15) is 19.8 Å². The molecule has 8 nitrogen and oxygen atoms in total. The molecular formula is C15H25N3O5P+. The molecule has 1 fully saturated rings. The summed E-state index contributed by atoms with van der Waals surface area (Å²) in [7, 11) is 0. The molecule has 1 aliphatic heterocycles. The highest BCUT2D eigenvalue weighted by atomic mass is 31.2. The van der Waals surface area contributed by atoms with Crippen molar-refractivity contribution in [1.29, 1.82) is 0 Å². The normalized spacial score (nSPS) is 27.3. The second-order valence-corrected chi connectivity index (χ2v) is 11.0. The Morgan fingerprint density at radius 2 is 2.08 bits per heavy atom. The predicted octanol–water partition coefficient (Wildman–Crippen LogP) is -1.27. The van der Waals surface area contributed by atoms with Gasteiger partial charge < -0.3 is 14.9 Å².